The fraction of sp³-hybridized carbons (Fsp3) is 0.278. The van der Waals surface area contributed by atoms with Crippen LogP contribution in [0.1, 0.15) is 24.3 Å². The first-order valence-electron chi connectivity index (χ1n) is 8.95. The van der Waals surface area contributed by atoms with Crippen LogP contribution in [0.5, 0.6) is 0 Å². The maximum atomic E-state index is 14.5. The fourth-order valence-corrected chi connectivity index (χ4v) is 5.38. The summed E-state index contributed by atoms with van der Waals surface area (Å²) in [4.78, 5) is 4.18. The Morgan fingerprint density at radius 1 is 1.11 bits per heavy atom. The maximum Gasteiger partial charge on any atom is 0.246 e. The molecule has 1 fully saturated rings. The molecule has 0 radical (unpaired) electrons. The number of halogens is 1. The van der Waals surface area contributed by atoms with E-state index in [2.05, 4.69) is 15.2 Å². The highest BCUT2D eigenvalue weighted by molar-refractivity contribution is 7.89. The minimum atomic E-state index is -3.66. The van der Waals surface area contributed by atoms with Crippen LogP contribution in [-0.2, 0) is 10.0 Å². The lowest BCUT2D eigenvalue weighted by Gasteiger charge is -2.31. The van der Waals surface area contributed by atoms with Gasteiger partial charge >= 0.3 is 0 Å². The van der Waals surface area contributed by atoms with Crippen molar-refractivity contribution in [2.75, 3.05) is 13.1 Å². The second-order valence-corrected chi connectivity index (χ2v) is 8.76. The molecule has 0 saturated carbocycles. The lowest BCUT2D eigenvalue weighted by Crippen LogP contribution is -2.38. The summed E-state index contributed by atoms with van der Waals surface area (Å²) in [5.74, 6) is -0.395. The molecular weight excluding hydrogens is 383 g/mol. The normalized spacial score (nSPS) is 16.9. The Morgan fingerprint density at radius 2 is 1.93 bits per heavy atom. The van der Waals surface area contributed by atoms with E-state index in [1.54, 1.807) is 39.6 Å². The van der Waals surface area contributed by atoms with Gasteiger partial charge in [0.05, 0.1) is 11.7 Å². The number of rotatable bonds is 3. The SMILES string of the molecule is O=S(=O)(c1cnn2ccccc12)N1CCC(c2cn3ncnc3cc2F)CC1. The van der Waals surface area contributed by atoms with Crippen LogP contribution in [0.15, 0.2) is 54.1 Å². The fourth-order valence-electron chi connectivity index (χ4n) is 3.81. The Bertz CT molecular complexity index is 1270. The molecule has 0 unspecified atom stereocenters. The molecule has 28 heavy (non-hydrogen) atoms. The van der Waals surface area contributed by atoms with E-state index in [4.69, 9.17) is 0 Å². The molecule has 0 N–H and O–H groups in total. The van der Waals surface area contributed by atoms with Gasteiger partial charge in [-0.05, 0) is 30.9 Å². The van der Waals surface area contributed by atoms with E-state index in [-0.39, 0.29) is 16.6 Å². The third kappa shape index (κ3) is 2.68. The first-order valence-corrected chi connectivity index (χ1v) is 10.4. The molecule has 5 rings (SSSR count). The largest absolute Gasteiger partial charge is 0.246 e. The molecule has 1 aliphatic rings. The van der Waals surface area contributed by atoms with Gasteiger partial charge in [0.2, 0.25) is 10.0 Å². The molecule has 0 aromatic carbocycles. The summed E-state index contributed by atoms with van der Waals surface area (Å²) in [6.45, 7) is 0.651. The number of sulfonamides is 1. The molecule has 0 spiro atoms. The third-order valence-corrected chi connectivity index (χ3v) is 7.21. The minimum Gasteiger partial charge on any atom is -0.240 e. The third-order valence-electron chi connectivity index (χ3n) is 5.30. The van der Waals surface area contributed by atoms with E-state index in [9.17, 15) is 12.8 Å². The Hall–Kier alpha value is -2.85. The number of fused-ring (bicyclic) bond motifs is 2. The zero-order valence-corrected chi connectivity index (χ0v) is 15.6. The van der Waals surface area contributed by atoms with Gasteiger partial charge in [-0.15, -0.1) is 0 Å². The zero-order valence-electron chi connectivity index (χ0n) is 14.8. The molecule has 0 aliphatic carbocycles. The highest BCUT2D eigenvalue weighted by Gasteiger charge is 2.33. The van der Waals surface area contributed by atoms with Gasteiger partial charge in [0.25, 0.3) is 0 Å². The van der Waals surface area contributed by atoms with Crippen molar-refractivity contribution in [2.45, 2.75) is 23.7 Å². The van der Waals surface area contributed by atoms with Gasteiger partial charge in [0, 0.05) is 37.1 Å². The van der Waals surface area contributed by atoms with Gasteiger partial charge in [0.15, 0.2) is 5.65 Å². The molecule has 1 aliphatic heterocycles. The van der Waals surface area contributed by atoms with Crippen LogP contribution in [0.25, 0.3) is 11.2 Å². The number of aromatic nitrogens is 5. The molecule has 0 amide bonds. The smallest absolute Gasteiger partial charge is 0.240 e. The van der Waals surface area contributed by atoms with E-state index in [1.165, 1.54) is 22.9 Å². The summed E-state index contributed by atoms with van der Waals surface area (Å²) in [6.07, 6.45) is 7.20. The van der Waals surface area contributed by atoms with Crippen LogP contribution in [0.2, 0.25) is 0 Å². The zero-order chi connectivity index (χ0) is 19.3. The number of pyridine rings is 2. The van der Waals surface area contributed by atoms with Gasteiger partial charge < -0.3 is 0 Å². The lowest BCUT2D eigenvalue weighted by molar-refractivity contribution is 0.315. The Balaban J connectivity index is 1.39. The second kappa shape index (κ2) is 6.35. The van der Waals surface area contributed by atoms with Crippen molar-refractivity contribution < 1.29 is 12.8 Å². The summed E-state index contributed by atoms with van der Waals surface area (Å²) in [7, 11) is -3.66. The van der Waals surface area contributed by atoms with Crippen molar-refractivity contribution in [1.82, 2.24) is 28.5 Å². The molecule has 0 atom stereocenters. The summed E-state index contributed by atoms with van der Waals surface area (Å²) < 4.78 is 45.2. The van der Waals surface area contributed by atoms with Gasteiger partial charge in [-0.1, -0.05) is 6.07 Å². The number of hydrogen-bond donors (Lipinski definition) is 0. The molecule has 8 nitrogen and oxygen atoms in total. The van der Waals surface area contributed by atoms with E-state index in [0.717, 1.165) is 0 Å². The van der Waals surface area contributed by atoms with Crippen molar-refractivity contribution in [2.24, 2.45) is 0 Å². The van der Waals surface area contributed by atoms with E-state index in [0.29, 0.717) is 42.7 Å². The van der Waals surface area contributed by atoms with Crippen LogP contribution in [0.3, 0.4) is 0 Å². The Labute approximate surface area is 160 Å². The maximum absolute atomic E-state index is 14.5. The van der Waals surface area contributed by atoms with Crippen LogP contribution in [0, 0.1) is 5.82 Å². The number of hydrogen-bond acceptors (Lipinski definition) is 5. The summed E-state index contributed by atoms with van der Waals surface area (Å²) in [5, 5.41) is 8.18. The van der Waals surface area contributed by atoms with Crippen molar-refractivity contribution >= 4 is 21.2 Å². The summed E-state index contributed by atoms with van der Waals surface area (Å²) in [5.41, 5.74) is 1.55. The average Bonchev–Trinajstić information content (AvgIpc) is 3.34. The Morgan fingerprint density at radius 3 is 2.75 bits per heavy atom. The molecule has 10 heteroatoms. The number of piperidine rings is 1. The minimum absolute atomic E-state index is 0.0658. The molecule has 144 valence electrons. The Kier molecular flexibility index (Phi) is 3.91. The molecule has 4 aromatic heterocycles. The van der Waals surface area contributed by atoms with Crippen molar-refractivity contribution in [3.05, 3.63) is 60.6 Å². The van der Waals surface area contributed by atoms with Gasteiger partial charge in [-0.2, -0.15) is 14.5 Å². The first-order chi connectivity index (χ1) is 13.5. The van der Waals surface area contributed by atoms with E-state index in [1.807, 2.05) is 0 Å². The topological polar surface area (TPSA) is 84.9 Å². The van der Waals surface area contributed by atoms with Crippen molar-refractivity contribution in [1.29, 1.82) is 0 Å². The lowest BCUT2D eigenvalue weighted by atomic mass is 9.91. The van der Waals surface area contributed by atoms with Crippen LogP contribution >= 0.6 is 0 Å². The molecule has 5 heterocycles. The predicted octanol–water partition coefficient (Wildman–Crippen LogP) is 2.08. The average molecular weight is 400 g/mol. The van der Waals surface area contributed by atoms with Gasteiger partial charge in [0.1, 0.15) is 17.0 Å². The molecule has 0 bridgehead atoms. The van der Waals surface area contributed by atoms with Crippen molar-refractivity contribution in [3.63, 3.8) is 0 Å². The van der Waals surface area contributed by atoms with Gasteiger partial charge in [-0.3, -0.25) is 0 Å². The van der Waals surface area contributed by atoms with E-state index < -0.39 is 10.0 Å². The predicted molar refractivity (Wildman–Crippen MR) is 98.9 cm³/mol. The van der Waals surface area contributed by atoms with Gasteiger partial charge in [-0.25, -0.2) is 26.8 Å². The monoisotopic (exact) mass is 400 g/mol. The van der Waals surface area contributed by atoms with E-state index >= 15 is 0 Å². The highest BCUT2D eigenvalue weighted by Crippen LogP contribution is 2.33. The quantitative estimate of drug-likeness (QED) is 0.526. The summed E-state index contributed by atoms with van der Waals surface area (Å²) in [6, 6.07) is 6.67. The second-order valence-electron chi connectivity index (χ2n) is 6.86. The summed E-state index contributed by atoms with van der Waals surface area (Å²) >= 11 is 0. The van der Waals surface area contributed by atoms with Crippen LogP contribution in [-0.4, -0.2) is 50.0 Å². The van der Waals surface area contributed by atoms with Crippen molar-refractivity contribution in [3.8, 4) is 0 Å². The first kappa shape index (κ1) is 17.3. The molecule has 1 saturated heterocycles. The number of nitrogens with zero attached hydrogens (tertiary/aromatic N) is 6. The molecular formula is C18H17FN6O2S. The standard InChI is InChI=1S/C18H17FN6O2S/c19-15-9-18-20-12-22-25(18)11-14(15)13-4-7-23(8-5-13)28(26,27)17-10-21-24-6-2-1-3-16(17)24/h1-3,6,9-13H,4-5,7-8H2. The van der Waals surface area contributed by atoms with Crippen LogP contribution < -0.4 is 0 Å². The highest BCUT2D eigenvalue weighted by atomic mass is 32.2. The van der Waals surface area contributed by atoms with Crippen LogP contribution in [0.4, 0.5) is 4.39 Å². The molecule has 4 aromatic rings.